The van der Waals surface area contributed by atoms with E-state index in [9.17, 15) is 0 Å². The van der Waals surface area contributed by atoms with Gasteiger partial charge in [0.15, 0.2) is 0 Å². The molecular formula is C9H19NO. The van der Waals surface area contributed by atoms with Gasteiger partial charge in [0.1, 0.15) is 0 Å². The van der Waals surface area contributed by atoms with E-state index in [4.69, 9.17) is 4.74 Å². The second-order valence-electron chi connectivity index (χ2n) is 3.72. The van der Waals surface area contributed by atoms with Gasteiger partial charge in [0.2, 0.25) is 0 Å². The van der Waals surface area contributed by atoms with E-state index in [1.165, 1.54) is 19.4 Å². The topological polar surface area (TPSA) is 21.3 Å². The highest BCUT2D eigenvalue weighted by Crippen LogP contribution is 2.05. The molecule has 0 aromatic carbocycles. The molecule has 0 spiro atoms. The first kappa shape index (κ1) is 9.01. The van der Waals surface area contributed by atoms with Crippen molar-refractivity contribution in [1.82, 2.24) is 5.32 Å². The third-order valence-corrected chi connectivity index (χ3v) is 1.93. The first-order chi connectivity index (χ1) is 5.29. The monoisotopic (exact) mass is 157 g/mol. The lowest BCUT2D eigenvalue weighted by molar-refractivity contribution is 0.0943. The molecule has 2 heteroatoms. The summed E-state index contributed by atoms with van der Waals surface area (Å²) in [6.45, 7) is 7.34. The van der Waals surface area contributed by atoms with Crippen LogP contribution in [-0.2, 0) is 4.74 Å². The molecule has 1 atom stereocenters. The Bertz CT molecular complexity index is 97.7. The van der Waals surface area contributed by atoms with Gasteiger partial charge in [0.25, 0.3) is 0 Å². The van der Waals surface area contributed by atoms with Crippen molar-refractivity contribution in [1.29, 1.82) is 0 Å². The molecule has 66 valence electrons. The van der Waals surface area contributed by atoms with Crippen molar-refractivity contribution in [2.45, 2.75) is 32.7 Å². The third-order valence-electron chi connectivity index (χ3n) is 1.93. The van der Waals surface area contributed by atoms with Crippen LogP contribution in [0.15, 0.2) is 0 Å². The third kappa shape index (κ3) is 3.73. The van der Waals surface area contributed by atoms with Crippen LogP contribution in [0.3, 0.4) is 0 Å². The van der Waals surface area contributed by atoms with Gasteiger partial charge < -0.3 is 10.1 Å². The standard InChI is InChI=1S/C9H19NO/c1-8(2)6-11-7-9-4-3-5-10-9/h8-10H,3-7H2,1-2H3. The van der Waals surface area contributed by atoms with Gasteiger partial charge in [-0.25, -0.2) is 0 Å². The number of hydrogen-bond acceptors (Lipinski definition) is 2. The Morgan fingerprint density at radius 3 is 2.91 bits per heavy atom. The zero-order valence-electron chi connectivity index (χ0n) is 7.60. The second kappa shape index (κ2) is 4.73. The predicted octanol–water partition coefficient (Wildman–Crippen LogP) is 1.41. The van der Waals surface area contributed by atoms with Crippen LogP contribution in [0.1, 0.15) is 26.7 Å². The summed E-state index contributed by atoms with van der Waals surface area (Å²) >= 11 is 0. The van der Waals surface area contributed by atoms with E-state index in [1.54, 1.807) is 0 Å². The number of ether oxygens (including phenoxy) is 1. The summed E-state index contributed by atoms with van der Waals surface area (Å²) in [5.74, 6) is 0.663. The fourth-order valence-corrected chi connectivity index (χ4v) is 1.34. The fraction of sp³-hybridized carbons (Fsp3) is 1.00. The van der Waals surface area contributed by atoms with Crippen LogP contribution < -0.4 is 5.32 Å². The van der Waals surface area contributed by atoms with Crippen LogP contribution in [0, 0.1) is 5.92 Å². The molecule has 1 unspecified atom stereocenters. The second-order valence-corrected chi connectivity index (χ2v) is 3.72. The van der Waals surface area contributed by atoms with Gasteiger partial charge in [0, 0.05) is 12.6 Å². The lowest BCUT2D eigenvalue weighted by Crippen LogP contribution is -2.27. The molecule has 0 aromatic rings. The number of rotatable bonds is 4. The predicted molar refractivity (Wildman–Crippen MR) is 46.7 cm³/mol. The lowest BCUT2D eigenvalue weighted by Gasteiger charge is -2.11. The van der Waals surface area contributed by atoms with Gasteiger partial charge in [-0.1, -0.05) is 13.8 Å². The normalized spacial score (nSPS) is 24.8. The van der Waals surface area contributed by atoms with Gasteiger partial charge in [-0.2, -0.15) is 0 Å². The molecule has 1 heterocycles. The summed E-state index contributed by atoms with van der Waals surface area (Å²) in [7, 11) is 0. The molecule has 1 N–H and O–H groups in total. The van der Waals surface area contributed by atoms with E-state index in [2.05, 4.69) is 19.2 Å². The van der Waals surface area contributed by atoms with Crippen molar-refractivity contribution in [3.8, 4) is 0 Å². The molecule has 0 aromatic heterocycles. The molecule has 1 saturated heterocycles. The van der Waals surface area contributed by atoms with Crippen LogP contribution in [0.4, 0.5) is 0 Å². The summed E-state index contributed by atoms with van der Waals surface area (Å²) < 4.78 is 5.52. The molecule has 0 saturated carbocycles. The molecule has 11 heavy (non-hydrogen) atoms. The molecule has 2 nitrogen and oxygen atoms in total. The van der Waals surface area contributed by atoms with Crippen LogP contribution in [0.25, 0.3) is 0 Å². The Morgan fingerprint density at radius 1 is 1.55 bits per heavy atom. The quantitative estimate of drug-likeness (QED) is 0.666. The molecule has 0 aliphatic carbocycles. The zero-order chi connectivity index (χ0) is 8.10. The van der Waals surface area contributed by atoms with Gasteiger partial charge in [0.05, 0.1) is 6.61 Å². The zero-order valence-corrected chi connectivity index (χ0v) is 7.60. The summed E-state index contributed by atoms with van der Waals surface area (Å²) in [6.07, 6.45) is 2.60. The maximum Gasteiger partial charge on any atom is 0.0619 e. The summed E-state index contributed by atoms with van der Waals surface area (Å²) in [6, 6.07) is 0.633. The van der Waals surface area contributed by atoms with E-state index >= 15 is 0 Å². The first-order valence-electron chi connectivity index (χ1n) is 4.60. The van der Waals surface area contributed by atoms with E-state index in [-0.39, 0.29) is 0 Å². The maximum absolute atomic E-state index is 5.52. The Hall–Kier alpha value is -0.0800. The molecule has 1 rings (SSSR count). The van der Waals surface area contributed by atoms with Gasteiger partial charge in [-0.15, -0.1) is 0 Å². The first-order valence-corrected chi connectivity index (χ1v) is 4.60. The molecule has 1 aliphatic rings. The van der Waals surface area contributed by atoms with Crippen molar-refractivity contribution < 1.29 is 4.74 Å². The highest BCUT2D eigenvalue weighted by Gasteiger charge is 2.13. The van der Waals surface area contributed by atoms with Gasteiger partial charge in [-0.05, 0) is 25.3 Å². The van der Waals surface area contributed by atoms with Crippen molar-refractivity contribution in [2.24, 2.45) is 5.92 Å². The fourth-order valence-electron chi connectivity index (χ4n) is 1.34. The highest BCUT2D eigenvalue weighted by molar-refractivity contribution is 4.73. The SMILES string of the molecule is CC(C)COCC1CCCN1. The van der Waals surface area contributed by atoms with Crippen molar-refractivity contribution >= 4 is 0 Å². The largest absolute Gasteiger partial charge is 0.380 e. The Balaban J connectivity index is 1.94. The summed E-state index contributed by atoms with van der Waals surface area (Å²) in [5.41, 5.74) is 0. The molecule has 0 bridgehead atoms. The number of nitrogens with one attached hydrogen (secondary N) is 1. The maximum atomic E-state index is 5.52. The van der Waals surface area contributed by atoms with Crippen LogP contribution in [-0.4, -0.2) is 25.8 Å². The van der Waals surface area contributed by atoms with E-state index < -0.39 is 0 Å². The average molecular weight is 157 g/mol. The Kier molecular flexibility index (Phi) is 3.87. The average Bonchev–Trinajstić information content (AvgIpc) is 2.39. The van der Waals surface area contributed by atoms with E-state index in [0.29, 0.717) is 12.0 Å². The molecule has 1 fully saturated rings. The van der Waals surface area contributed by atoms with Gasteiger partial charge in [-0.3, -0.25) is 0 Å². The summed E-state index contributed by atoms with van der Waals surface area (Å²) in [5, 5.41) is 3.41. The van der Waals surface area contributed by atoms with Gasteiger partial charge >= 0.3 is 0 Å². The molecular weight excluding hydrogens is 138 g/mol. The Labute approximate surface area is 69.3 Å². The van der Waals surface area contributed by atoms with Crippen molar-refractivity contribution in [2.75, 3.05) is 19.8 Å². The van der Waals surface area contributed by atoms with Crippen molar-refractivity contribution in [3.63, 3.8) is 0 Å². The molecule has 0 amide bonds. The minimum Gasteiger partial charge on any atom is -0.380 e. The van der Waals surface area contributed by atoms with Crippen LogP contribution in [0.2, 0.25) is 0 Å². The minimum absolute atomic E-state index is 0.633. The van der Waals surface area contributed by atoms with Crippen molar-refractivity contribution in [3.05, 3.63) is 0 Å². The lowest BCUT2D eigenvalue weighted by atomic mass is 10.2. The van der Waals surface area contributed by atoms with Crippen LogP contribution >= 0.6 is 0 Å². The molecule has 1 aliphatic heterocycles. The van der Waals surface area contributed by atoms with Crippen LogP contribution in [0.5, 0.6) is 0 Å². The Morgan fingerprint density at radius 2 is 2.36 bits per heavy atom. The highest BCUT2D eigenvalue weighted by atomic mass is 16.5. The smallest absolute Gasteiger partial charge is 0.0619 e. The van der Waals surface area contributed by atoms with E-state index in [0.717, 1.165) is 13.2 Å². The number of hydrogen-bond donors (Lipinski definition) is 1. The molecule has 0 radical (unpaired) electrons. The van der Waals surface area contributed by atoms with E-state index in [1.807, 2.05) is 0 Å². The minimum atomic E-state index is 0.633. The summed E-state index contributed by atoms with van der Waals surface area (Å²) in [4.78, 5) is 0.